The van der Waals surface area contributed by atoms with Crippen LogP contribution >= 0.6 is 0 Å². The summed E-state index contributed by atoms with van der Waals surface area (Å²) in [6.45, 7) is 0.259. The van der Waals surface area contributed by atoms with Crippen LogP contribution in [0.25, 0.3) is 17.0 Å². The summed E-state index contributed by atoms with van der Waals surface area (Å²) >= 11 is 0. The fourth-order valence-corrected chi connectivity index (χ4v) is 4.02. The molecular formula is C26H18FN3O6. The number of hydrogen-bond acceptors (Lipinski definition) is 6. The number of methoxy groups -OCH3 is 1. The molecule has 0 spiro atoms. The first-order chi connectivity index (χ1) is 17.4. The first-order valence-electron chi connectivity index (χ1n) is 10.8. The lowest BCUT2D eigenvalue weighted by Crippen LogP contribution is -2.54. The third-order valence-electron chi connectivity index (χ3n) is 5.66. The average Bonchev–Trinajstić information content (AvgIpc) is 3.46. The zero-order valence-electron chi connectivity index (χ0n) is 18.9. The van der Waals surface area contributed by atoms with Crippen molar-refractivity contribution in [2.75, 3.05) is 12.0 Å². The van der Waals surface area contributed by atoms with Crippen LogP contribution in [0, 0.1) is 5.82 Å². The number of imide groups is 2. The maximum atomic E-state index is 13.7. The molecule has 3 heterocycles. The lowest BCUT2D eigenvalue weighted by Gasteiger charge is -2.26. The Balaban J connectivity index is 1.53. The first kappa shape index (κ1) is 22.8. The molecule has 1 N–H and O–H groups in total. The van der Waals surface area contributed by atoms with E-state index in [0.717, 1.165) is 17.0 Å². The largest absolute Gasteiger partial charge is 0.463 e. The van der Waals surface area contributed by atoms with E-state index in [1.54, 1.807) is 12.3 Å². The zero-order valence-corrected chi connectivity index (χ0v) is 18.9. The molecule has 180 valence electrons. The van der Waals surface area contributed by atoms with Gasteiger partial charge in [-0.2, -0.15) is 0 Å². The van der Waals surface area contributed by atoms with Crippen LogP contribution in [0.4, 0.5) is 14.9 Å². The van der Waals surface area contributed by atoms with Crippen molar-refractivity contribution >= 4 is 46.5 Å². The summed E-state index contributed by atoms with van der Waals surface area (Å²) in [5.74, 6) is -2.40. The minimum absolute atomic E-state index is 0.00226. The summed E-state index contributed by atoms with van der Waals surface area (Å²) in [6.07, 6.45) is 3.11. The van der Waals surface area contributed by atoms with Crippen molar-refractivity contribution in [3.05, 3.63) is 95.3 Å². The monoisotopic (exact) mass is 487 g/mol. The number of benzene rings is 2. The molecule has 2 aromatic carbocycles. The lowest BCUT2D eigenvalue weighted by molar-refractivity contribution is -0.122. The summed E-state index contributed by atoms with van der Waals surface area (Å²) in [4.78, 5) is 50.6. The van der Waals surface area contributed by atoms with Crippen LogP contribution in [0.2, 0.25) is 0 Å². The normalized spacial score (nSPS) is 15.0. The standard InChI is InChI=1S/C26H18FN3O6/c1-35-25(33)22-10-9-18(36-22)14-29-13-15(19-7-2-3-8-21(19)29)11-20-23(31)28-26(34)30(24(20)32)17-6-4-5-16(27)12-17/h2-13H,14H2,1H3,(H,28,31,34)/b20-11+. The van der Waals surface area contributed by atoms with E-state index in [2.05, 4.69) is 10.1 Å². The number of barbiturate groups is 1. The van der Waals surface area contributed by atoms with E-state index in [4.69, 9.17) is 4.42 Å². The highest BCUT2D eigenvalue weighted by molar-refractivity contribution is 6.39. The Morgan fingerprint density at radius 3 is 2.67 bits per heavy atom. The molecule has 36 heavy (non-hydrogen) atoms. The summed E-state index contributed by atoms with van der Waals surface area (Å²) in [5.41, 5.74) is 1.03. The van der Waals surface area contributed by atoms with Crippen molar-refractivity contribution in [1.82, 2.24) is 9.88 Å². The number of hydrogen-bond donors (Lipinski definition) is 1. The van der Waals surface area contributed by atoms with E-state index in [9.17, 15) is 23.6 Å². The Morgan fingerprint density at radius 1 is 1.08 bits per heavy atom. The number of urea groups is 1. The first-order valence-corrected chi connectivity index (χ1v) is 10.8. The molecule has 0 aliphatic carbocycles. The van der Waals surface area contributed by atoms with Crippen LogP contribution in [-0.2, 0) is 20.9 Å². The van der Waals surface area contributed by atoms with Crippen molar-refractivity contribution in [2.24, 2.45) is 0 Å². The molecule has 5 rings (SSSR count). The van der Waals surface area contributed by atoms with Crippen LogP contribution in [0.1, 0.15) is 21.9 Å². The molecule has 4 aromatic rings. The van der Waals surface area contributed by atoms with Gasteiger partial charge in [0.25, 0.3) is 11.8 Å². The van der Waals surface area contributed by atoms with Gasteiger partial charge >= 0.3 is 12.0 Å². The molecule has 1 aliphatic heterocycles. The number of rotatable bonds is 5. The second-order valence-corrected chi connectivity index (χ2v) is 7.92. The summed E-state index contributed by atoms with van der Waals surface area (Å²) in [6, 6.07) is 14.5. The third kappa shape index (κ3) is 4.05. The fourth-order valence-electron chi connectivity index (χ4n) is 4.02. The van der Waals surface area contributed by atoms with E-state index in [0.29, 0.717) is 16.2 Å². The number of esters is 1. The molecule has 0 bridgehead atoms. The van der Waals surface area contributed by atoms with E-state index in [1.165, 1.54) is 37.5 Å². The summed E-state index contributed by atoms with van der Waals surface area (Å²) in [7, 11) is 1.26. The zero-order chi connectivity index (χ0) is 25.4. The van der Waals surface area contributed by atoms with Gasteiger partial charge in [-0.1, -0.05) is 24.3 Å². The molecule has 1 saturated heterocycles. The Bertz CT molecular complexity index is 1580. The topological polar surface area (TPSA) is 111 Å². The van der Waals surface area contributed by atoms with Gasteiger partial charge in [0.15, 0.2) is 0 Å². The van der Waals surface area contributed by atoms with Gasteiger partial charge < -0.3 is 13.7 Å². The van der Waals surface area contributed by atoms with Gasteiger partial charge in [-0.15, -0.1) is 0 Å². The second-order valence-electron chi connectivity index (χ2n) is 7.92. The molecule has 10 heteroatoms. The van der Waals surface area contributed by atoms with Crippen molar-refractivity contribution < 1.29 is 32.7 Å². The SMILES string of the molecule is COC(=O)c1ccc(Cn2cc(/C=C3\C(=O)NC(=O)N(c4cccc(F)c4)C3=O)c3ccccc32)o1. The molecule has 0 radical (unpaired) electrons. The van der Waals surface area contributed by atoms with Crippen LogP contribution in [0.15, 0.2) is 76.9 Å². The molecular weight excluding hydrogens is 469 g/mol. The molecule has 0 unspecified atom stereocenters. The molecule has 0 saturated carbocycles. The van der Waals surface area contributed by atoms with Gasteiger partial charge in [0.2, 0.25) is 5.76 Å². The number of halogens is 1. The smallest absolute Gasteiger partial charge is 0.373 e. The molecule has 0 atom stereocenters. The number of carbonyl (C=O) groups is 4. The number of nitrogens with one attached hydrogen (secondary N) is 1. The predicted octanol–water partition coefficient (Wildman–Crippen LogP) is 3.87. The highest BCUT2D eigenvalue weighted by Crippen LogP contribution is 2.27. The van der Waals surface area contributed by atoms with Crippen LogP contribution in [0.3, 0.4) is 0 Å². The molecule has 2 aromatic heterocycles. The molecule has 4 amide bonds. The van der Waals surface area contributed by atoms with Gasteiger partial charge in [0.05, 0.1) is 19.3 Å². The minimum atomic E-state index is -0.964. The minimum Gasteiger partial charge on any atom is -0.463 e. The number of amides is 4. The Morgan fingerprint density at radius 2 is 1.89 bits per heavy atom. The Hall–Kier alpha value is -4.99. The van der Waals surface area contributed by atoms with Gasteiger partial charge in [-0.05, 0) is 42.5 Å². The molecule has 1 aliphatic rings. The summed E-state index contributed by atoms with van der Waals surface area (Å²) in [5, 5.41) is 2.87. The third-order valence-corrected chi connectivity index (χ3v) is 5.66. The number of fused-ring (bicyclic) bond motifs is 1. The van der Waals surface area contributed by atoms with Crippen molar-refractivity contribution in [3.8, 4) is 0 Å². The quantitative estimate of drug-likeness (QED) is 0.260. The van der Waals surface area contributed by atoms with Gasteiger partial charge in [0, 0.05) is 22.7 Å². The van der Waals surface area contributed by atoms with Crippen LogP contribution < -0.4 is 10.2 Å². The van der Waals surface area contributed by atoms with Gasteiger partial charge in [-0.25, -0.2) is 18.9 Å². The number of furan rings is 1. The van der Waals surface area contributed by atoms with E-state index in [1.807, 2.05) is 28.8 Å². The average molecular weight is 487 g/mol. The van der Waals surface area contributed by atoms with E-state index in [-0.39, 0.29) is 23.6 Å². The highest BCUT2D eigenvalue weighted by Gasteiger charge is 2.37. The van der Waals surface area contributed by atoms with Gasteiger partial charge in [-0.3, -0.25) is 14.9 Å². The number of carbonyl (C=O) groups excluding carboxylic acids is 4. The number of anilines is 1. The number of nitrogens with zero attached hydrogens (tertiary/aromatic N) is 2. The van der Waals surface area contributed by atoms with Crippen LogP contribution in [-0.4, -0.2) is 35.5 Å². The number of para-hydroxylation sites is 1. The highest BCUT2D eigenvalue weighted by atomic mass is 19.1. The van der Waals surface area contributed by atoms with E-state index >= 15 is 0 Å². The maximum absolute atomic E-state index is 13.7. The Kier molecular flexibility index (Phi) is 5.69. The predicted molar refractivity (Wildman–Crippen MR) is 126 cm³/mol. The van der Waals surface area contributed by atoms with Gasteiger partial charge in [0.1, 0.15) is 17.2 Å². The second kappa shape index (κ2) is 8.99. The van der Waals surface area contributed by atoms with Crippen molar-refractivity contribution in [1.29, 1.82) is 0 Å². The summed E-state index contributed by atoms with van der Waals surface area (Å²) < 4.78 is 25.8. The fraction of sp³-hybridized carbons (Fsp3) is 0.0769. The Labute approximate surface area is 203 Å². The maximum Gasteiger partial charge on any atom is 0.373 e. The number of ether oxygens (including phenoxy) is 1. The lowest BCUT2D eigenvalue weighted by atomic mass is 10.1. The van der Waals surface area contributed by atoms with Crippen molar-refractivity contribution in [3.63, 3.8) is 0 Å². The molecule has 1 fully saturated rings. The van der Waals surface area contributed by atoms with Crippen molar-refractivity contribution in [2.45, 2.75) is 6.54 Å². The van der Waals surface area contributed by atoms with E-state index < -0.39 is 29.6 Å². The number of aromatic nitrogens is 1. The van der Waals surface area contributed by atoms with Crippen LogP contribution in [0.5, 0.6) is 0 Å². The molecule has 9 nitrogen and oxygen atoms in total.